The van der Waals surface area contributed by atoms with E-state index in [9.17, 15) is 4.79 Å². The van der Waals surface area contributed by atoms with Crippen LogP contribution in [0.15, 0.2) is 6.20 Å². The standard InChI is InChI=1S/C19H30N2O2/c1-9-14-10-21(17(22)23-18(4,5)6)11-19(7,8)15-12(2)13(3)20-16(14)15/h10,20H,9,11H2,1-8H3. The lowest BCUT2D eigenvalue weighted by molar-refractivity contribution is 0.0310. The predicted molar refractivity (Wildman–Crippen MR) is 94.5 cm³/mol. The predicted octanol–water partition coefficient (Wildman–Crippen LogP) is 4.91. The van der Waals surface area contributed by atoms with E-state index in [2.05, 4.69) is 39.6 Å². The van der Waals surface area contributed by atoms with E-state index in [1.165, 1.54) is 22.5 Å². The largest absolute Gasteiger partial charge is 0.443 e. The SMILES string of the molecule is CCC1=CN(C(=O)OC(C)(C)C)CC(C)(C)c2c1[nH]c(C)c2C. The van der Waals surface area contributed by atoms with E-state index in [4.69, 9.17) is 4.74 Å². The third-order valence-electron chi connectivity index (χ3n) is 4.38. The number of amides is 1. The number of H-pyrrole nitrogens is 1. The number of rotatable bonds is 1. The first-order valence-corrected chi connectivity index (χ1v) is 8.36. The van der Waals surface area contributed by atoms with Gasteiger partial charge in [-0.1, -0.05) is 20.8 Å². The van der Waals surface area contributed by atoms with Crippen LogP contribution < -0.4 is 0 Å². The van der Waals surface area contributed by atoms with E-state index in [0.29, 0.717) is 6.54 Å². The van der Waals surface area contributed by atoms with Crippen LogP contribution >= 0.6 is 0 Å². The first kappa shape index (κ1) is 17.6. The summed E-state index contributed by atoms with van der Waals surface area (Å²) in [6, 6.07) is 0. The summed E-state index contributed by atoms with van der Waals surface area (Å²) >= 11 is 0. The summed E-state index contributed by atoms with van der Waals surface area (Å²) in [6.07, 6.45) is 2.54. The van der Waals surface area contributed by atoms with E-state index in [-0.39, 0.29) is 11.5 Å². The molecule has 1 aliphatic heterocycles. The second-order valence-corrected chi connectivity index (χ2v) is 8.13. The van der Waals surface area contributed by atoms with Crippen molar-refractivity contribution in [3.05, 3.63) is 28.7 Å². The molecule has 1 N–H and O–H groups in total. The number of aryl methyl sites for hydroxylation is 1. The van der Waals surface area contributed by atoms with Crippen molar-refractivity contribution in [3.63, 3.8) is 0 Å². The van der Waals surface area contributed by atoms with Gasteiger partial charge < -0.3 is 9.72 Å². The number of hydrogen-bond donors (Lipinski definition) is 1. The Morgan fingerprint density at radius 3 is 2.48 bits per heavy atom. The Bertz CT molecular complexity index is 645. The fourth-order valence-electron chi connectivity index (χ4n) is 3.31. The lowest BCUT2D eigenvalue weighted by Gasteiger charge is -2.31. The summed E-state index contributed by atoms with van der Waals surface area (Å²) in [7, 11) is 0. The van der Waals surface area contributed by atoms with E-state index < -0.39 is 5.60 Å². The van der Waals surface area contributed by atoms with Crippen LogP contribution in [0.2, 0.25) is 0 Å². The zero-order valence-electron chi connectivity index (χ0n) is 15.8. The molecule has 4 nitrogen and oxygen atoms in total. The van der Waals surface area contributed by atoms with Crippen LogP contribution in [0.5, 0.6) is 0 Å². The third kappa shape index (κ3) is 3.46. The van der Waals surface area contributed by atoms with Crippen molar-refractivity contribution in [2.24, 2.45) is 0 Å². The fraction of sp³-hybridized carbons (Fsp3) is 0.632. The number of fused-ring (bicyclic) bond motifs is 1. The molecule has 0 unspecified atom stereocenters. The highest BCUT2D eigenvalue weighted by molar-refractivity contribution is 5.76. The van der Waals surface area contributed by atoms with E-state index >= 15 is 0 Å². The average Bonchev–Trinajstić information content (AvgIpc) is 2.62. The van der Waals surface area contributed by atoms with Crippen LogP contribution in [0, 0.1) is 13.8 Å². The maximum atomic E-state index is 12.6. The summed E-state index contributed by atoms with van der Waals surface area (Å²) in [5, 5.41) is 0. The number of ether oxygens (including phenoxy) is 1. The zero-order valence-corrected chi connectivity index (χ0v) is 15.8. The molecule has 1 amide bonds. The Labute approximate surface area is 139 Å². The molecule has 1 aromatic heterocycles. The van der Waals surface area contributed by atoms with Gasteiger partial charge in [-0.2, -0.15) is 0 Å². The number of aromatic nitrogens is 1. The molecule has 0 saturated carbocycles. The maximum absolute atomic E-state index is 12.6. The average molecular weight is 318 g/mol. The monoisotopic (exact) mass is 318 g/mol. The molecule has 0 atom stereocenters. The number of carbonyl (C=O) groups is 1. The molecule has 0 fully saturated rings. The number of allylic oxidation sites excluding steroid dienone is 1. The molecule has 1 aromatic rings. The van der Waals surface area contributed by atoms with Gasteiger partial charge in [0.2, 0.25) is 0 Å². The molecular formula is C19H30N2O2. The van der Waals surface area contributed by atoms with Gasteiger partial charge >= 0.3 is 6.09 Å². The lowest BCUT2D eigenvalue weighted by Crippen LogP contribution is -2.40. The Hall–Kier alpha value is -1.71. The van der Waals surface area contributed by atoms with Crippen molar-refractivity contribution in [3.8, 4) is 0 Å². The normalized spacial score (nSPS) is 17.4. The smallest absolute Gasteiger partial charge is 0.414 e. The fourth-order valence-corrected chi connectivity index (χ4v) is 3.31. The van der Waals surface area contributed by atoms with Gasteiger partial charge in [-0.3, -0.25) is 4.90 Å². The van der Waals surface area contributed by atoms with E-state index in [1.54, 1.807) is 4.90 Å². The summed E-state index contributed by atoms with van der Waals surface area (Å²) in [5.74, 6) is 0. The van der Waals surface area contributed by atoms with Crippen molar-refractivity contribution in [2.45, 2.75) is 72.8 Å². The summed E-state index contributed by atoms with van der Waals surface area (Å²) in [6.45, 7) is 17.1. The summed E-state index contributed by atoms with van der Waals surface area (Å²) in [4.78, 5) is 17.8. The van der Waals surface area contributed by atoms with Crippen molar-refractivity contribution in [2.75, 3.05) is 6.54 Å². The Morgan fingerprint density at radius 2 is 1.96 bits per heavy atom. The van der Waals surface area contributed by atoms with Gasteiger partial charge in [-0.05, 0) is 57.7 Å². The third-order valence-corrected chi connectivity index (χ3v) is 4.38. The first-order chi connectivity index (χ1) is 10.5. The van der Waals surface area contributed by atoms with Gasteiger partial charge in [0.15, 0.2) is 0 Å². The molecule has 1 aliphatic rings. The Balaban J connectivity index is 2.50. The zero-order chi connectivity index (χ0) is 17.6. The van der Waals surface area contributed by atoms with Crippen LogP contribution in [0.4, 0.5) is 4.79 Å². The van der Waals surface area contributed by atoms with E-state index in [1.807, 2.05) is 27.0 Å². The number of nitrogens with zero attached hydrogens (tertiary/aromatic N) is 1. The van der Waals surface area contributed by atoms with Crippen molar-refractivity contribution < 1.29 is 9.53 Å². The summed E-state index contributed by atoms with van der Waals surface area (Å²) in [5.41, 5.74) is 5.48. The summed E-state index contributed by atoms with van der Waals surface area (Å²) < 4.78 is 5.58. The second-order valence-electron chi connectivity index (χ2n) is 8.13. The molecule has 0 spiro atoms. The molecule has 0 saturated heterocycles. The van der Waals surface area contributed by atoms with Gasteiger partial charge in [0, 0.05) is 29.5 Å². The number of hydrogen-bond acceptors (Lipinski definition) is 2. The lowest BCUT2D eigenvalue weighted by atomic mass is 9.81. The molecule has 2 rings (SSSR count). The second kappa shape index (κ2) is 5.73. The van der Waals surface area contributed by atoms with Crippen LogP contribution in [0.25, 0.3) is 5.57 Å². The minimum absolute atomic E-state index is 0.144. The molecule has 0 bridgehead atoms. The maximum Gasteiger partial charge on any atom is 0.414 e. The van der Waals surface area contributed by atoms with Crippen molar-refractivity contribution in [1.29, 1.82) is 0 Å². The quantitative estimate of drug-likeness (QED) is 0.799. The molecule has 0 aromatic carbocycles. The Kier molecular flexibility index (Phi) is 4.40. The Morgan fingerprint density at radius 1 is 1.35 bits per heavy atom. The first-order valence-electron chi connectivity index (χ1n) is 8.36. The van der Waals surface area contributed by atoms with Gasteiger partial charge in [0.1, 0.15) is 5.60 Å². The molecule has 23 heavy (non-hydrogen) atoms. The number of aromatic amines is 1. The van der Waals surface area contributed by atoms with Crippen LogP contribution in [0.3, 0.4) is 0 Å². The van der Waals surface area contributed by atoms with Gasteiger partial charge in [-0.15, -0.1) is 0 Å². The topological polar surface area (TPSA) is 45.3 Å². The highest BCUT2D eigenvalue weighted by Gasteiger charge is 2.36. The molecular weight excluding hydrogens is 288 g/mol. The highest BCUT2D eigenvalue weighted by atomic mass is 16.6. The minimum atomic E-state index is -0.492. The molecule has 4 heteroatoms. The molecule has 2 heterocycles. The van der Waals surface area contributed by atoms with Gasteiger partial charge in [0.05, 0.1) is 0 Å². The van der Waals surface area contributed by atoms with Gasteiger partial charge in [0.25, 0.3) is 0 Å². The van der Waals surface area contributed by atoms with E-state index in [0.717, 1.165) is 12.0 Å². The molecule has 0 radical (unpaired) electrons. The molecule has 128 valence electrons. The van der Waals surface area contributed by atoms with Crippen molar-refractivity contribution in [1.82, 2.24) is 9.88 Å². The van der Waals surface area contributed by atoms with Crippen molar-refractivity contribution >= 4 is 11.7 Å². The highest BCUT2D eigenvalue weighted by Crippen LogP contribution is 2.39. The van der Waals surface area contributed by atoms with Crippen LogP contribution in [-0.4, -0.2) is 28.1 Å². The minimum Gasteiger partial charge on any atom is -0.443 e. The van der Waals surface area contributed by atoms with Crippen LogP contribution in [0.1, 0.15) is 70.5 Å². The molecule has 0 aliphatic carbocycles. The number of carbonyl (C=O) groups excluding carboxylic acids is 1. The van der Waals surface area contributed by atoms with Crippen LogP contribution in [-0.2, 0) is 10.2 Å². The van der Waals surface area contributed by atoms with Gasteiger partial charge in [-0.25, -0.2) is 4.79 Å². The number of nitrogens with one attached hydrogen (secondary N) is 1.